The van der Waals surface area contributed by atoms with Crippen molar-refractivity contribution in [2.45, 2.75) is 6.42 Å². The summed E-state index contributed by atoms with van der Waals surface area (Å²) in [6, 6.07) is 15.4. The molecule has 0 atom stereocenters. The molecule has 2 rings (SSSR count). The Morgan fingerprint density at radius 2 is 1.70 bits per heavy atom. The molecule has 0 aliphatic heterocycles. The van der Waals surface area contributed by atoms with Gasteiger partial charge in [0, 0.05) is 0 Å². The molecule has 1 amide bonds. The fraction of sp³-hybridized carbons (Fsp3) is 0.0667. The van der Waals surface area contributed by atoms with Crippen LogP contribution in [0.3, 0.4) is 0 Å². The van der Waals surface area contributed by atoms with Gasteiger partial charge in [0.25, 0.3) is 0 Å². The van der Waals surface area contributed by atoms with Crippen LogP contribution in [-0.2, 0) is 11.2 Å². The summed E-state index contributed by atoms with van der Waals surface area (Å²) in [6.45, 7) is 0. The van der Waals surface area contributed by atoms with Crippen LogP contribution >= 0.6 is 12.2 Å². The highest BCUT2D eigenvalue weighted by molar-refractivity contribution is 7.80. The van der Waals surface area contributed by atoms with Gasteiger partial charge in [0.2, 0.25) is 5.91 Å². The number of carbonyl (C=O) groups excluding carboxylic acids is 1. The minimum Gasteiger partial charge on any atom is -0.330 e. The number of carbonyl (C=O) groups is 1. The van der Waals surface area contributed by atoms with Crippen molar-refractivity contribution in [2.75, 3.05) is 5.32 Å². The van der Waals surface area contributed by atoms with Crippen LogP contribution in [0, 0.1) is 5.82 Å². The molecule has 0 aliphatic carbocycles. The Bertz CT molecular complexity index is 616. The summed E-state index contributed by atoms with van der Waals surface area (Å²) in [5.41, 5.74) is 1.12. The quantitative estimate of drug-likeness (QED) is 0.853. The third-order valence-electron chi connectivity index (χ3n) is 2.58. The van der Waals surface area contributed by atoms with Crippen LogP contribution < -0.4 is 10.6 Å². The molecule has 2 N–H and O–H groups in total. The van der Waals surface area contributed by atoms with Crippen LogP contribution in [0.4, 0.5) is 10.1 Å². The van der Waals surface area contributed by atoms with Gasteiger partial charge in [-0.3, -0.25) is 4.79 Å². The first kappa shape index (κ1) is 14.1. The van der Waals surface area contributed by atoms with Gasteiger partial charge in [-0.25, -0.2) is 4.39 Å². The van der Waals surface area contributed by atoms with Crippen LogP contribution in [0.1, 0.15) is 5.56 Å². The third-order valence-corrected chi connectivity index (χ3v) is 2.79. The highest BCUT2D eigenvalue weighted by atomic mass is 32.1. The molecule has 0 fully saturated rings. The monoisotopic (exact) mass is 288 g/mol. The Balaban J connectivity index is 1.89. The summed E-state index contributed by atoms with van der Waals surface area (Å²) in [6.07, 6.45) is 0.222. The fourth-order valence-electron chi connectivity index (χ4n) is 1.67. The second kappa shape index (κ2) is 6.77. The van der Waals surface area contributed by atoms with E-state index in [2.05, 4.69) is 10.6 Å². The summed E-state index contributed by atoms with van der Waals surface area (Å²) in [5, 5.41) is 5.25. The maximum absolute atomic E-state index is 13.4. The number of amides is 1. The molecular formula is C15H13FN2OS. The fourth-order valence-corrected chi connectivity index (χ4v) is 1.89. The van der Waals surface area contributed by atoms with Gasteiger partial charge >= 0.3 is 0 Å². The Hall–Kier alpha value is -2.27. The van der Waals surface area contributed by atoms with Crippen LogP contribution in [0.25, 0.3) is 0 Å². The predicted octanol–water partition coefficient (Wildman–Crippen LogP) is 2.88. The van der Waals surface area contributed by atoms with Crippen molar-refractivity contribution in [3.8, 4) is 0 Å². The van der Waals surface area contributed by atoms with Gasteiger partial charge in [-0.1, -0.05) is 42.5 Å². The summed E-state index contributed by atoms with van der Waals surface area (Å²) in [7, 11) is 0. The van der Waals surface area contributed by atoms with E-state index in [9.17, 15) is 9.18 Å². The molecule has 102 valence electrons. The van der Waals surface area contributed by atoms with E-state index in [1.807, 2.05) is 30.3 Å². The largest absolute Gasteiger partial charge is 0.330 e. The van der Waals surface area contributed by atoms with Crippen molar-refractivity contribution >= 4 is 28.9 Å². The smallest absolute Gasteiger partial charge is 0.230 e. The first-order chi connectivity index (χ1) is 9.65. The van der Waals surface area contributed by atoms with E-state index >= 15 is 0 Å². The number of nitrogens with one attached hydrogen (secondary N) is 2. The minimum atomic E-state index is -0.424. The molecule has 0 unspecified atom stereocenters. The summed E-state index contributed by atoms with van der Waals surface area (Å²) < 4.78 is 13.4. The van der Waals surface area contributed by atoms with Crippen LogP contribution in [-0.4, -0.2) is 11.0 Å². The lowest BCUT2D eigenvalue weighted by molar-refractivity contribution is -0.119. The predicted molar refractivity (Wildman–Crippen MR) is 80.9 cm³/mol. The Morgan fingerprint density at radius 1 is 1.05 bits per heavy atom. The lowest BCUT2D eigenvalue weighted by Gasteiger charge is -2.10. The van der Waals surface area contributed by atoms with Crippen molar-refractivity contribution < 1.29 is 9.18 Å². The van der Waals surface area contributed by atoms with Crippen molar-refractivity contribution in [3.63, 3.8) is 0 Å². The topological polar surface area (TPSA) is 41.1 Å². The zero-order chi connectivity index (χ0) is 14.4. The number of thiocarbonyl (C=S) groups is 1. The second-order valence-electron chi connectivity index (χ2n) is 4.14. The molecule has 0 saturated heterocycles. The van der Waals surface area contributed by atoms with E-state index in [0.717, 1.165) is 5.56 Å². The van der Waals surface area contributed by atoms with Gasteiger partial charge in [0.15, 0.2) is 5.11 Å². The number of hydrogen-bond donors (Lipinski definition) is 2. The standard InChI is InChI=1S/C15H13FN2OS/c16-12-8-4-5-9-13(12)17-15(20)18-14(19)10-11-6-2-1-3-7-11/h1-9H,10H2,(H2,17,18,19,20). The maximum atomic E-state index is 13.4. The summed E-state index contributed by atoms with van der Waals surface area (Å²) >= 11 is 4.98. The zero-order valence-electron chi connectivity index (χ0n) is 10.6. The van der Waals surface area contributed by atoms with E-state index in [4.69, 9.17) is 12.2 Å². The number of para-hydroxylation sites is 1. The highest BCUT2D eigenvalue weighted by Crippen LogP contribution is 2.11. The van der Waals surface area contributed by atoms with Gasteiger partial charge in [-0.05, 0) is 29.9 Å². The number of rotatable bonds is 3. The molecule has 0 aliphatic rings. The number of benzene rings is 2. The van der Waals surface area contributed by atoms with Gasteiger partial charge < -0.3 is 10.6 Å². The van der Waals surface area contributed by atoms with E-state index < -0.39 is 5.82 Å². The number of anilines is 1. The Labute approximate surface area is 121 Å². The van der Waals surface area contributed by atoms with Crippen LogP contribution in [0.5, 0.6) is 0 Å². The van der Waals surface area contributed by atoms with Crippen LogP contribution in [0.2, 0.25) is 0 Å². The van der Waals surface area contributed by atoms with E-state index in [1.165, 1.54) is 6.07 Å². The van der Waals surface area contributed by atoms with E-state index in [-0.39, 0.29) is 23.1 Å². The van der Waals surface area contributed by atoms with Crippen molar-refractivity contribution in [2.24, 2.45) is 0 Å². The first-order valence-corrected chi connectivity index (χ1v) is 6.45. The molecule has 0 aromatic heterocycles. The molecule has 0 spiro atoms. The number of hydrogen-bond acceptors (Lipinski definition) is 2. The zero-order valence-corrected chi connectivity index (χ0v) is 11.4. The van der Waals surface area contributed by atoms with Crippen molar-refractivity contribution in [1.29, 1.82) is 0 Å². The average molecular weight is 288 g/mol. The third kappa shape index (κ3) is 4.13. The van der Waals surface area contributed by atoms with Crippen molar-refractivity contribution in [3.05, 3.63) is 66.0 Å². The van der Waals surface area contributed by atoms with Crippen molar-refractivity contribution in [1.82, 2.24) is 5.32 Å². The van der Waals surface area contributed by atoms with Gasteiger partial charge in [-0.15, -0.1) is 0 Å². The molecule has 0 radical (unpaired) electrons. The first-order valence-electron chi connectivity index (χ1n) is 6.04. The van der Waals surface area contributed by atoms with Gasteiger partial charge in [-0.2, -0.15) is 0 Å². The Kier molecular flexibility index (Phi) is 4.79. The highest BCUT2D eigenvalue weighted by Gasteiger charge is 2.07. The second-order valence-corrected chi connectivity index (χ2v) is 4.55. The number of halogens is 1. The lowest BCUT2D eigenvalue weighted by Crippen LogP contribution is -2.35. The summed E-state index contributed by atoms with van der Waals surface area (Å²) in [5.74, 6) is -0.669. The molecule has 5 heteroatoms. The molecule has 0 heterocycles. The SMILES string of the molecule is O=C(Cc1ccccc1)NC(=S)Nc1ccccc1F. The Morgan fingerprint density at radius 3 is 2.40 bits per heavy atom. The van der Waals surface area contributed by atoms with Crippen LogP contribution in [0.15, 0.2) is 54.6 Å². The van der Waals surface area contributed by atoms with E-state index in [0.29, 0.717) is 0 Å². The molecule has 0 saturated carbocycles. The molecule has 0 bridgehead atoms. The van der Waals surface area contributed by atoms with Gasteiger partial charge in [0.05, 0.1) is 12.1 Å². The molecular weight excluding hydrogens is 275 g/mol. The normalized spacial score (nSPS) is 9.85. The molecule has 3 nitrogen and oxygen atoms in total. The van der Waals surface area contributed by atoms with E-state index in [1.54, 1.807) is 18.2 Å². The maximum Gasteiger partial charge on any atom is 0.230 e. The molecule has 2 aromatic carbocycles. The van der Waals surface area contributed by atoms with Gasteiger partial charge in [0.1, 0.15) is 5.82 Å². The lowest BCUT2D eigenvalue weighted by atomic mass is 10.1. The molecule has 2 aromatic rings. The molecule has 20 heavy (non-hydrogen) atoms. The minimum absolute atomic E-state index is 0.0797. The summed E-state index contributed by atoms with van der Waals surface area (Å²) in [4.78, 5) is 11.8. The average Bonchev–Trinajstić information content (AvgIpc) is 2.42.